The highest BCUT2D eigenvalue weighted by atomic mass is 79.9. The van der Waals surface area contributed by atoms with Gasteiger partial charge in [-0.3, -0.25) is 4.79 Å². The molecular formula is C14H11Br2NO2S. The molecule has 0 saturated heterocycles. The first-order chi connectivity index (χ1) is 9.51. The van der Waals surface area contributed by atoms with Crippen LogP contribution in [0.5, 0.6) is 5.75 Å². The number of methoxy groups -OCH3 is 1. The van der Waals surface area contributed by atoms with E-state index in [1.165, 1.54) is 0 Å². The molecule has 104 valence electrons. The summed E-state index contributed by atoms with van der Waals surface area (Å²) < 4.78 is 6.79. The van der Waals surface area contributed by atoms with Gasteiger partial charge in [0.1, 0.15) is 5.75 Å². The Kier molecular flexibility index (Phi) is 5.12. The molecule has 0 radical (unpaired) electrons. The van der Waals surface area contributed by atoms with Crippen molar-refractivity contribution in [2.24, 2.45) is 0 Å². The fourth-order valence-corrected chi connectivity index (χ4v) is 2.99. The predicted molar refractivity (Wildman–Crippen MR) is 90.0 cm³/mol. The maximum absolute atomic E-state index is 12.2. The molecule has 0 spiro atoms. The van der Waals surface area contributed by atoms with E-state index in [0.29, 0.717) is 17.0 Å². The molecule has 0 unspecified atom stereocenters. The topological polar surface area (TPSA) is 38.3 Å². The van der Waals surface area contributed by atoms with Crippen molar-refractivity contribution < 1.29 is 9.53 Å². The fraction of sp³-hybridized carbons (Fsp3) is 0.0714. The van der Waals surface area contributed by atoms with E-state index < -0.39 is 0 Å². The lowest BCUT2D eigenvalue weighted by Crippen LogP contribution is -2.12. The Balaban J connectivity index is 2.25. The summed E-state index contributed by atoms with van der Waals surface area (Å²) in [6.45, 7) is 0. The number of hydrogen-bond acceptors (Lipinski definition) is 3. The third-order valence-corrected chi connectivity index (χ3v) is 4.19. The molecule has 0 aliphatic rings. The van der Waals surface area contributed by atoms with E-state index in [1.807, 2.05) is 6.07 Å². The van der Waals surface area contributed by atoms with Crippen molar-refractivity contribution in [3.8, 4) is 5.75 Å². The maximum Gasteiger partial charge on any atom is 0.255 e. The van der Waals surface area contributed by atoms with E-state index in [1.54, 1.807) is 37.4 Å². The Morgan fingerprint density at radius 3 is 2.40 bits per heavy atom. The molecule has 0 bridgehead atoms. The minimum absolute atomic E-state index is 0.191. The van der Waals surface area contributed by atoms with E-state index in [2.05, 4.69) is 49.8 Å². The van der Waals surface area contributed by atoms with Crippen LogP contribution in [0, 0.1) is 0 Å². The molecule has 0 atom stereocenters. The van der Waals surface area contributed by atoms with Gasteiger partial charge in [0.25, 0.3) is 5.91 Å². The van der Waals surface area contributed by atoms with Crippen LogP contribution >= 0.6 is 44.5 Å². The monoisotopic (exact) mass is 415 g/mol. The SMILES string of the molecule is COc1cc(NC(=O)c2ccc(S)cc2)c(Br)cc1Br. The normalized spacial score (nSPS) is 10.2. The van der Waals surface area contributed by atoms with Gasteiger partial charge in [0.15, 0.2) is 0 Å². The summed E-state index contributed by atoms with van der Waals surface area (Å²) in [6, 6.07) is 10.6. The summed E-state index contributed by atoms with van der Waals surface area (Å²) in [5.41, 5.74) is 1.21. The molecule has 0 aliphatic heterocycles. The number of carbonyl (C=O) groups excluding carboxylic acids is 1. The number of hydrogen-bond donors (Lipinski definition) is 2. The second kappa shape index (κ2) is 6.65. The van der Waals surface area contributed by atoms with Gasteiger partial charge < -0.3 is 10.1 Å². The lowest BCUT2D eigenvalue weighted by Gasteiger charge is -2.11. The Labute approximate surface area is 139 Å². The van der Waals surface area contributed by atoms with Gasteiger partial charge in [-0.1, -0.05) is 0 Å². The highest BCUT2D eigenvalue weighted by Gasteiger charge is 2.11. The minimum atomic E-state index is -0.191. The highest BCUT2D eigenvalue weighted by molar-refractivity contribution is 9.11. The molecule has 3 nitrogen and oxygen atoms in total. The zero-order chi connectivity index (χ0) is 14.7. The first-order valence-corrected chi connectivity index (χ1v) is 7.68. The van der Waals surface area contributed by atoms with Crippen LogP contribution in [0.15, 0.2) is 50.2 Å². The lowest BCUT2D eigenvalue weighted by molar-refractivity contribution is 0.102. The summed E-state index contributed by atoms with van der Waals surface area (Å²) in [4.78, 5) is 13.0. The van der Waals surface area contributed by atoms with Gasteiger partial charge in [0.2, 0.25) is 0 Å². The van der Waals surface area contributed by atoms with E-state index in [4.69, 9.17) is 4.74 Å². The van der Waals surface area contributed by atoms with Crippen LogP contribution in [-0.2, 0) is 0 Å². The minimum Gasteiger partial charge on any atom is -0.495 e. The zero-order valence-corrected chi connectivity index (χ0v) is 14.6. The van der Waals surface area contributed by atoms with Crippen LogP contribution in [0.25, 0.3) is 0 Å². The van der Waals surface area contributed by atoms with Gasteiger partial charge >= 0.3 is 0 Å². The molecule has 0 saturated carbocycles. The van der Waals surface area contributed by atoms with Gasteiger partial charge in [0, 0.05) is 21.0 Å². The average molecular weight is 417 g/mol. The molecule has 20 heavy (non-hydrogen) atoms. The second-order valence-electron chi connectivity index (χ2n) is 3.97. The molecule has 1 amide bonds. The van der Waals surface area contributed by atoms with Gasteiger partial charge in [-0.15, -0.1) is 12.6 Å². The van der Waals surface area contributed by atoms with Crippen molar-refractivity contribution in [2.75, 3.05) is 12.4 Å². The number of rotatable bonds is 3. The van der Waals surface area contributed by atoms with Gasteiger partial charge in [-0.2, -0.15) is 0 Å². The molecular weight excluding hydrogens is 406 g/mol. The summed E-state index contributed by atoms with van der Waals surface area (Å²) >= 11 is 11.0. The van der Waals surface area contributed by atoms with Crippen LogP contribution in [0.4, 0.5) is 5.69 Å². The highest BCUT2D eigenvalue weighted by Crippen LogP contribution is 2.34. The Morgan fingerprint density at radius 2 is 1.80 bits per heavy atom. The summed E-state index contributed by atoms with van der Waals surface area (Å²) in [6.07, 6.45) is 0. The van der Waals surface area contributed by atoms with E-state index >= 15 is 0 Å². The molecule has 0 heterocycles. The molecule has 0 aliphatic carbocycles. The first kappa shape index (κ1) is 15.4. The molecule has 2 rings (SSSR count). The average Bonchev–Trinajstić information content (AvgIpc) is 2.42. The Bertz CT molecular complexity index is 644. The number of benzene rings is 2. The van der Waals surface area contributed by atoms with E-state index in [-0.39, 0.29) is 5.91 Å². The standard InChI is InChI=1S/C14H11Br2NO2S/c1-19-13-7-12(10(15)6-11(13)16)17-14(18)8-2-4-9(20)5-3-8/h2-7,20H,1H3,(H,17,18). The van der Waals surface area contributed by atoms with Crippen LogP contribution in [-0.4, -0.2) is 13.0 Å². The number of ether oxygens (including phenoxy) is 1. The zero-order valence-electron chi connectivity index (χ0n) is 10.5. The molecule has 0 fully saturated rings. The van der Waals surface area contributed by atoms with Gasteiger partial charge in [0.05, 0.1) is 17.3 Å². The van der Waals surface area contributed by atoms with Crippen molar-refractivity contribution >= 4 is 56.1 Å². The first-order valence-electron chi connectivity index (χ1n) is 5.64. The van der Waals surface area contributed by atoms with Crippen molar-refractivity contribution in [3.63, 3.8) is 0 Å². The Hall–Kier alpha value is -0.980. The van der Waals surface area contributed by atoms with E-state index in [0.717, 1.165) is 13.8 Å². The number of anilines is 1. The lowest BCUT2D eigenvalue weighted by atomic mass is 10.2. The number of thiol groups is 1. The van der Waals surface area contributed by atoms with Crippen molar-refractivity contribution in [1.82, 2.24) is 0 Å². The van der Waals surface area contributed by atoms with Crippen LogP contribution < -0.4 is 10.1 Å². The quantitative estimate of drug-likeness (QED) is 0.707. The summed E-state index contributed by atoms with van der Waals surface area (Å²) in [7, 11) is 1.57. The smallest absolute Gasteiger partial charge is 0.255 e. The van der Waals surface area contributed by atoms with Crippen molar-refractivity contribution in [1.29, 1.82) is 0 Å². The van der Waals surface area contributed by atoms with Crippen LogP contribution in [0.1, 0.15) is 10.4 Å². The van der Waals surface area contributed by atoms with Gasteiger partial charge in [-0.05, 0) is 62.2 Å². The number of carbonyl (C=O) groups is 1. The van der Waals surface area contributed by atoms with Crippen LogP contribution in [0.3, 0.4) is 0 Å². The molecule has 0 aromatic heterocycles. The molecule has 1 N–H and O–H groups in total. The predicted octanol–water partition coefficient (Wildman–Crippen LogP) is 4.76. The van der Waals surface area contributed by atoms with Crippen molar-refractivity contribution in [3.05, 3.63) is 50.9 Å². The third-order valence-electron chi connectivity index (χ3n) is 2.62. The maximum atomic E-state index is 12.2. The van der Waals surface area contributed by atoms with Gasteiger partial charge in [-0.25, -0.2) is 0 Å². The second-order valence-corrected chi connectivity index (χ2v) is 6.19. The molecule has 6 heteroatoms. The third kappa shape index (κ3) is 3.56. The molecule has 2 aromatic carbocycles. The number of nitrogens with one attached hydrogen (secondary N) is 1. The summed E-state index contributed by atoms with van der Waals surface area (Å²) in [5.74, 6) is 0.456. The van der Waals surface area contributed by atoms with Crippen LogP contribution in [0.2, 0.25) is 0 Å². The van der Waals surface area contributed by atoms with Crippen molar-refractivity contribution in [2.45, 2.75) is 4.90 Å². The fourth-order valence-electron chi connectivity index (χ4n) is 1.59. The Morgan fingerprint density at radius 1 is 1.15 bits per heavy atom. The largest absolute Gasteiger partial charge is 0.495 e. The summed E-state index contributed by atoms with van der Waals surface area (Å²) in [5, 5.41) is 2.84. The number of amides is 1. The molecule has 2 aromatic rings. The number of halogens is 2. The van der Waals surface area contributed by atoms with E-state index in [9.17, 15) is 4.79 Å².